The Bertz CT molecular complexity index is 1250. The number of piperidine rings is 1. The van der Waals surface area contributed by atoms with Crippen LogP contribution in [0.25, 0.3) is 0 Å². The van der Waals surface area contributed by atoms with Gasteiger partial charge in [-0.05, 0) is 29.2 Å². The molecule has 0 saturated carbocycles. The highest BCUT2D eigenvalue weighted by atomic mass is 32.2. The van der Waals surface area contributed by atoms with Crippen molar-refractivity contribution >= 4 is 26.7 Å². The van der Waals surface area contributed by atoms with Crippen molar-refractivity contribution in [3.63, 3.8) is 0 Å². The molecule has 2 N–H and O–H groups in total. The largest absolute Gasteiger partial charge is 0.493 e. The van der Waals surface area contributed by atoms with E-state index >= 15 is 0 Å². The number of aromatic nitrogens is 2. The maximum atomic E-state index is 14.0. The van der Waals surface area contributed by atoms with Gasteiger partial charge in [0.2, 0.25) is 5.13 Å². The average Bonchev–Trinajstić information content (AvgIpc) is 3.30. The molecule has 33 heavy (non-hydrogen) atoms. The molecule has 0 aliphatic carbocycles. The van der Waals surface area contributed by atoms with Crippen molar-refractivity contribution in [1.82, 2.24) is 14.7 Å². The maximum absolute atomic E-state index is 14.0. The van der Waals surface area contributed by atoms with Crippen LogP contribution in [0.15, 0.2) is 53.7 Å². The normalized spacial score (nSPS) is 22.2. The van der Waals surface area contributed by atoms with E-state index in [1.807, 2.05) is 24.3 Å². The van der Waals surface area contributed by atoms with Gasteiger partial charge in [-0.15, -0.1) is 0 Å². The molecule has 1 aromatic heterocycles. The summed E-state index contributed by atoms with van der Waals surface area (Å²) < 4.78 is 65.5. The molecule has 1 unspecified atom stereocenters. The molecule has 5 rings (SSSR count). The minimum atomic E-state index is -3.82. The Balaban J connectivity index is 1.37. The topological polar surface area (TPSA) is 93.2 Å². The van der Waals surface area contributed by atoms with Crippen molar-refractivity contribution in [1.29, 1.82) is 0 Å². The lowest BCUT2D eigenvalue weighted by Crippen LogP contribution is -2.39. The van der Waals surface area contributed by atoms with Gasteiger partial charge in [0.25, 0.3) is 15.9 Å². The molecule has 2 aliphatic rings. The van der Waals surface area contributed by atoms with Gasteiger partial charge in [0.1, 0.15) is 12.1 Å². The summed E-state index contributed by atoms with van der Waals surface area (Å²) in [5, 5.41) is 3.42. The molecular weight excluding hydrogens is 470 g/mol. The number of rotatable bonds is 5. The molecule has 11 heteroatoms. The summed E-state index contributed by atoms with van der Waals surface area (Å²) in [6.07, 6.45) is 1.53. The average molecular weight is 493 g/mol. The lowest BCUT2D eigenvalue weighted by molar-refractivity contribution is -0.0416. The summed E-state index contributed by atoms with van der Waals surface area (Å²) in [4.78, 5) is 3.92. The molecule has 174 valence electrons. The zero-order valence-corrected chi connectivity index (χ0v) is 19.1. The number of alkyl halides is 2. The number of anilines is 1. The van der Waals surface area contributed by atoms with Crippen LogP contribution in [0.1, 0.15) is 41.5 Å². The lowest BCUT2D eigenvalue weighted by atomic mass is 9.83. The zero-order chi connectivity index (χ0) is 23.1. The molecule has 0 spiro atoms. The third-order valence-corrected chi connectivity index (χ3v) is 8.08. The summed E-state index contributed by atoms with van der Waals surface area (Å²) in [6.45, 7) is 0.610. The number of nitrogens with zero attached hydrogens (tertiary/aromatic N) is 2. The summed E-state index contributed by atoms with van der Waals surface area (Å²) in [5.41, 5.74) is 2.72. The number of sulfonamides is 1. The van der Waals surface area contributed by atoms with Gasteiger partial charge in [0, 0.05) is 48.9 Å². The number of nitrogens with one attached hydrogen (secondary N) is 2. The minimum absolute atomic E-state index is 0.0203. The van der Waals surface area contributed by atoms with E-state index in [1.54, 1.807) is 6.07 Å². The van der Waals surface area contributed by atoms with E-state index in [4.69, 9.17) is 4.74 Å². The monoisotopic (exact) mass is 492 g/mol. The Morgan fingerprint density at radius 3 is 2.76 bits per heavy atom. The SMILES string of the molecule is O=S(=O)(Nc1ncns1)c1ccc2c(c1)OCC(c1ccccc1[C@@H]1CC(F)(F)CCN1)C2. The predicted molar refractivity (Wildman–Crippen MR) is 120 cm³/mol. The Hall–Kier alpha value is -2.63. The summed E-state index contributed by atoms with van der Waals surface area (Å²) in [5.74, 6) is -2.19. The van der Waals surface area contributed by atoms with Crippen molar-refractivity contribution < 1.29 is 21.9 Å². The van der Waals surface area contributed by atoms with Gasteiger partial charge in [0.05, 0.1) is 11.5 Å². The van der Waals surface area contributed by atoms with E-state index in [0.717, 1.165) is 28.2 Å². The third-order valence-electron chi connectivity index (χ3n) is 6.03. The number of ether oxygens (including phenoxy) is 1. The van der Waals surface area contributed by atoms with Crippen LogP contribution < -0.4 is 14.8 Å². The molecule has 1 saturated heterocycles. The van der Waals surface area contributed by atoms with E-state index in [0.29, 0.717) is 18.8 Å². The fourth-order valence-electron chi connectivity index (χ4n) is 4.43. The maximum Gasteiger partial charge on any atom is 0.263 e. The molecule has 7 nitrogen and oxygen atoms in total. The van der Waals surface area contributed by atoms with E-state index in [1.165, 1.54) is 18.5 Å². The van der Waals surface area contributed by atoms with E-state index in [-0.39, 0.29) is 35.3 Å². The first kappa shape index (κ1) is 22.2. The quantitative estimate of drug-likeness (QED) is 0.557. The number of hydrogen-bond acceptors (Lipinski definition) is 7. The number of hydrogen-bond donors (Lipinski definition) is 2. The molecule has 0 bridgehead atoms. The highest BCUT2D eigenvalue weighted by Crippen LogP contribution is 2.40. The summed E-state index contributed by atoms with van der Waals surface area (Å²) in [6, 6.07) is 12.0. The van der Waals surface area contributed by atoms with Crippen LogP contribution in [-0.2, 0) is 16.4 Å². The van der Waals surface area contributed by atoms with Crippen molar-refractivity contribution in [3.05, 3.63) is 65.5 Å². The highest BCUT2D eigenvalue weighted by molar-refractivity contribution is 7.93. The second-order valence-electron chi connectivity index (χ2n) is 8.28. The molecule has 3 heterocycles. The van der Waals surface area contributed by atoms with Crippen LogP contribution in [0.3, 0.4) is 0 Å². The summed E-state index contributed by atoms with van der Waals surface area (Å²) in [7, 11) is -3.82. The van der Waals surface area contributed by atoms with Crippen LogP contribution in [0.5, 0.6) is 5.75 Å². The van der Waals surface area contributed by atoms with Crippen LogP contribution in [-0.4, -0.2) is 36.8 Å². The zero-order valence-electron chi connectivity index (χ0n) is 17.5. The van der Waals surface area contributed by atoms with E-state index < -0.39 is 22.0 Å². The first-order chi connectivity index (χ1) is 15.8. The van der Waals surface area contributed by atoms with E-state index in [2.05, 4.69) is 19.4 Å². The highest BCUT2D eigenvalue weighted by Gasteiger charge is 2.38. The van der Waals surface area contributed by atoms with Crippen LogP contribution >= 0.6 is 11.5 Å². The Kier molecular flexibility index (Phi) is 5.79. The van der Waals surface area contributed by atoms with Crippen molar-refractivity contribution in [2.45, 2.75) is 42.0 Å². The molecule has 3 aromatic rings. The minimum Gasteiger partial charge on any atom is -0.493 e. The molecule has 0 amide bonds. The van der Waals surface area contributed by atoms with Gasteiger partial charge in [-0.1, -0.05) is 30.3 Å². The van der Waals surface area contributed by atoms with Crippen LogP contribution in [0.2, 0.25) is 0 Å². The molecule has 0 radical (unpaired) electrons. The van der Waals surface area contributed by atoms with Gasteiger partial charge in [-0.25, -0.2) is 22.2 Å². The number of fused-ring (bicyclic) bond motifs is 1. The molecule has 2 atom stereocenters. The molecule has 2 aliphatic heterocycles. The first-order valence-electron chi connectivity index (χ1n) is 10.6. The second-order valence-corrected chi connectivity index (χ2v) is 10.7. The van der Waals surface area contributed by atoms with Crippen LogP contribution in [0, 0.1) is 0 Å². The Labute approximate surface area is 194 Å². The summed E-state index contributed by atoms with van der Waals surface area (Å²) >= 11 is 0.949. The standard InChI is InChI=1S/C22H22F2N4O3S2/c23-22(24)7-8-25-19(11-22)18-4-2-1-3-17(18)15-9-14-5-6-16(10-20(14)31-12-15)33(29,30)28-21-26-13-27-32-21/h1-6,10,13,15,19,25H,7-9,11-12H2,(H,26,27,28)/t15?,19-/m0/s1. The van der Waals surface area contributed by atoms with Crippen molar-refractivity contribution in [2.75, 3.05) is 17.9 Å². The lowest BCUT2D eigenvalue weighted by Gasteiger charge is -2.34. The molecule has 2 aromatic carbocycles. The fraction of sp³-hybridized carbons (Fsp3) is 0.364. The third kappa shape index (κ3) is 4.71. The van der Waals surface area contributed by atoms with Gasteiger partial charge in [-0.3, -0.25) is 4.72 Å². The predicted octanol–water partition coefficient (Wildman–Crippen LogP) is 4.12. The van der Waals surface area contributed by atoms with Gasteiger partial charge < -0.3 is 10.1 Å². The molecular formula is C22H22F2N4O3S2. The Morgan fingerprint density at radius 2 is 2.00 bits per heavy atom. The van der Waals surface area contributed by atoms with Gasteiger partial charge in [0.15, 0.2) is 0 Å². The first-order valence-corrected chi connectivity index (χ1v) is 12.8. The second kappa shape index (κ2) is 8.62. The number of halogens is 2. The smallest absolute Gasteiger partial charge is 0.263 e. The molecule has 1 fully saturated rings. The van der Waals surface area contributed by atoms with Crippen LogP contribution in [0.4, 0.5) is 13.9 Å². The van der Waals surface area contributed by atoms with Crippen molar-refractivity contribution in [3.8, 4) is 5.75 Å². The number of benzene rings is 2. The fourth-order valence-corrected chi connectivity index (χ4v) is 6.11. The van der Waals surface area contributed by atoms with Crippen molar-refractivity contribution in [2.24, 2.45) is 0 Å². The van der Waals surface area contributed by atoms with Gasteiger partial charge >= 0.3 is 0 Å². The van der Waals surface area contributed by atoms with E-state index in [9.17, 15) is 17.2 Å². The van der Waals surface area contributed by atoms with Gasteiger partial charge in [-0.2, -0.15) is 4.37 Å². The Morgan fingerprint density at radius 1 is 1.18 bits per heavy atom.